The van der Waals surface area contributed by atoms with Crippen molar-refractivity contribution in [1.82, 2.24) is 4.90 Å². The molecule has 1 aromatic heterocycles. The predicted octanol–water partition coefficient (Wildman–Crippen LogP) is 8.34. The summed E-state index contributed by atoms with van der Waals surface area (Å²) < 4.78 is 9.85. The Hall–Kier alpha value is -3.12. The van der Waals surface area contributed by atoms with Crippen molar-refractivity contribution in [3.05, 3.63) is 93.5 Å². The molecule has 0 unspecified atom stereocenters. The van der Waals surface area contributed by atoms with Crippen molar-refractivity contribution < 1.29 is 19.1 Å². The molecule has 0 saturated heterocycles. The van der Waals surface area contributed by atoms with Gasteiger partial charge in [0.15, 0.2) is 0 Å². The quantitative estimate of drug-likeness (QED) is 0.158. The summed E-state index contributed by atoms with van der Waals surface area (Å²) in [5.41, 5.74) is 3.96. The minimum Gasteiger partial charge on any atom is -0.466 e. The van der Waals surface area contributed by atoms with Crippen molar-refractivity contribution in [2.24, 2.45) is 0 Å². The summed E-state index contributed by atoms with van der Waals surface area (Å²) >= 11 is 1.61. The molecule has 0 aliphatic carbocycles. The second-order valence-corrected chi connectivity index (χ2v) is 8.61. The smallest absolute Gasteiger partial charge is 0.337 e. The van der Waals surface area contributed by atoms with E-state index in [1.807, 2.05) is 76.4 Å². The second-order valence-electron chi connectivity index (χ2n) is 7.58. The highest BCUT2D eigenvalue weighted by Gasteiger charge is 2.17. The van der Waals surface area contributed by atoms with E-state index >= 15 is 0 Å². The van der Waals surface area contributed by atoms with Gasteiger partial charge < -0.3 is 14.4 Å². The Labute approximate surface area is 228 Å². The number of allylic oxidation sites excluding steroid dienone is 3. The number of rotatable bonds is 12. The van der Waals surface area contributed by atoms with Crippen LogP contribution in [0.5, 0.6) is 0 Å². The Balaban J connectivity index is 0.00000308. The summed E-state index contributed by atoms with van der Waals surface area (Å²) in [6.07, 6.45) is 7.32. The highest BCUT2D eigenvalue weighted by Crippen LogP contribution is 2.25. The zero-order chi connectivity index (χ0) is 28.2. The van der Waals surface area contributed by atoms with E-state index in [9.17, 15) is 9.59 Å². The first-order valence-corrected chi connectivity index (χ1v) is 13.9. The number of carbonyl (C=O) groups excluding carboxylic acids is 2. The highest BCUT2D eigenvalue weighted by molar-refractivity contribution is 7.09. The Morgan fingerprint density at radius 3 is 2.16 bits per heavy atom. The molecule has 1 heterocycles. The van der Waals surface area contributed by atoms with Gasteiger partial charge in [0.2, 0.25) is 0 Å². The summed E-state index contributed by atoms with van der Waals surface area (Å²) in [5.74, 6) is -0.705. The van der Waals surface area contributed by atoms with E-state index in [1.165, 1.54) is 14.2 Å². The van der Waals surface area contributed by atoms with Crippen LogP contribution in [-0.2, 0) is 27.2 Å². The number of esters is 2. The van der Waals surface area contributed by atoms with Crippen molar-refractivity contribution in [1.29, 1.82) is 0 Å². The van der Waals surface area contributed by atoms with Gasteiger partial charge in [-0.05, 0) is 55.0 Å². The Bertz CT molecular complexity index is 989. The first kappa shape index (κ1) is 33.9. The van der Waals surface area contributed by atoms with E-state index in [0.717, 1.165) is 41.1 Å². The third kappa shape index (κ3) is 11.6. The van der Waals surface area contributed by atoms with Gasteiger partial charge in [0.05, 0.1) is 19.8 Å². The number of nitrogens with zero attached hydrogens (tertiary/aromatic N) is 1. The van der Waals surface area contributed by atoms with Crippen LogP contribution in [0.1, 0.15) is 81.6 Å². The molecule has 37 heavy (non-hydrogen) atoms. The van der Waals surface area contributed by atoms with Gasteiger partial charge in [-0.15, -0.1) is 11.3 Å². The first-order chi connectivity index (χ1) is 17.9. The number of carbonyl (C=O) groups is 2. The lowest BCUT2D eigenvalue weighted by molar-refractivity contribution is -0.136. The number of hydrogen-bond donors (Lipinski definition) is 0. The molecule has 0 aliphatic rings. The van der Waals surface area contributed by atoms with Gasteiger partial charge >= 0.3 is 11.9 Å². The van der Waals surface area contributed by atoms with Gasteiger partial charge in [0.25, 0.3) is 0 Å². The summed E-state index contributed by atoms with van der Waals surface area (Å²) in [5, 5.41) is 2.00. The van der Waals surface area contributed by atoms with Crippen LogP contribution in [0, 0.1) is 0 Å². The molecule has 0 spiro atoms. The average molecular weight is 528 g/mol. The summed E-state index contributed by atoms with van der Waals surface area (Å²) in [6.45, 7) is 17.0. The standard InChI is InChI=1S/C27H33NO4S.2C2H6/c1-6-8-10-20(3)28(19-21-12-14-22(15-13-21)26(29)31-4)24(7-2)17-23(27(30)32-5)18-25-11-9-16-33-25;2*1-2/h7,9,11-17H,3,6,8,10,18-19H2,1-2,4-5H3;2*1-2H3/b23-17+,24-7-;;. The Morgan fingerprint density at radius 2 is 1.68 bits per heavy atom. The lowest BCUT2D eigenvalue weighted by Crippen LogP contribution is -2.22. The maximum atomic E-state index is 12.5. The van der Waals surface area contributed by atoms with Crippen LogP contribution in [0.2, 0.25) is 0 Å². The molecule has 5 nitrogen and oxygen atoms in total. The van der Waals surface area contributed by atoms with Crippen LogP contribution in [0.15, 0.2) is 77.5 Å². The molecule has 2 aromatic rings. The summed E-state index contributed by atoms with van der Waals surface area (Å²) in [6, 6.07) is 11.3. The third-order valence-electron chi connectivity index (χ3n) is 5.24. The molecule has 0 amide bonds. The molecule has 0 saturated carbocycles. The maximum Gasteiger partial charge on any atom is 0.337 e. The number of unbranched alkanes of at least 4 members (excludes halogenated alkanes) is 1. The van der Waals surface area contributed by atoms with E-state index in [-0.39, 0.29) is 11.9 Å². The SMILES string of the molecule is C=C(CCCC)N(Cc1ccc(C(=O)OC)cc1)C(=C\C)/C=C(\Cc1cccs1)C(=O)OC.CC.CC. The molecule has 0 aliphatic heterocycles. The van der Waals surface area contributed by atoms with Gasteiger partial charge in [-0.2, -0.15) is 0 Å². The van der Waals surface area contributed by atoms with E-state index < -0.39 is 0 Å². The second kappa shape index (κ2) is 20.0. The molecular weight excluding hydrogens is 482 g/mol. The van der Waals surface area contributed by atoms with Crippen LogP contribution in [0.4, 0.5) is 0 Å². The molecule has 2 rings (SSSR count). The number of benzene rings is 1. The van der Waals surface area contributed by atoms with Crippen LogP contribution in [0.3, 0.4) is 0 Å². The number of thiophene rings is 1. The third-order valence-corrected chi connectivity index (χ3v) is 6.11. The number of ether oxygens (including phenoxy) is 2. The number of hydrogen-bond acceptors (Lipinski definition) is 6. The van der Waals surface area contributed by atoms with Gasteiger partial charge in [0.1, 0.15) is 0 Å². The molecule has 6 heteroatoms. The topological polar surface area (TPSA) is 55.8 Å². The van der Waals surface area contributed by atoms with Crippen LogP contribution in [0.25, 0.3) is 0 Å². The number of methoxy groups -OCH3 is 2. The predicted molar refractivity (Wildman–Crippen MR) is 157 cm³/mol. The van der Waals surface area contributed by atoms with Crippen LogP contribution < -0.4 is 0 Å². The van der Waals surface area contributed by atoms with Crippen LogP contribution >= 0.6 is 11.3 Å². The minimum atomic E-state index is -0.362. The largest absolute Gasteiger partial charge is 0.466 e. The minimum absolute atomic E-state index is 0.343. The van der Waals surface area contributed by atoms with Crippen LogP contribution in [-0.4, -0.2) is 31.1 Å². The van der Waals surface area contributed by atoms with E-state index in [1.54, 1.807) is 23.5 Å². The van der Waals surface area contributed by atoms with E-state index in [0.29, 0.717) is 24.1 Å². The zero-order valence-corrected chi connectivity index (χ0v) is 24.7. The molecule has 1 aromatic carbocycles. The first-order valence-electron chi connectivity index (χ1n) is 13.0. The van der Waals surface area contributed by atoms with Gasteiger partial charge in [-0.1, -0.05) is 71.9 Å². The van der Waals surface area contributed by atoms with Gasteiger partial charge in [-0.3, -0.25) is 0 Å². The molecular formula is C31H45NO4S. The fourth-order valence-electron chi connectivity index (χ4n) is 3.36. The fraction of sp³-hybridized carbons (Fsp3) is 0.419. The van der Waals surface area contributed by atoms with E-state index in [2.05, 4.69) is 18.4 Å². The molecule has 0 atom stereocenters. The lowest BCUT2D eigenvalue weighted by Gasteiger charge is -2.29. The lowest BCUT2D eigenvalue weighted by atomic mass is 10.1. The summed E-state index contributed by atoms with van der Waals surface area (Å²) in [4.78, 5) is 27.5. The zero-order valence-electron chi connectivity index (χ0n) is 23.9. The normalized spacial score (nSPS) is 10.8. The highest BCUT2D eigenvalue weighted by atomic mass is 32.1. The molecule has 0 fully saturated rings. The molecule has 0 N–H and O–H groups in total. The maximum absolute atomic E-state index is 12.5. The molecule has 204 valence electrons. The van der Waals surface area contributed by atoms with Crippen molar-refractivity contribution >= 4 is 23.3 Å². The average Bonchev–Trinajstić information content (AvgIpc) is 3.47. The van der Waals surface area contributed by atoms with Crippen molar-refractivity contribution in [2.75, 3.05) is 14.2 Å². The molecule has 0 radical (unpaired) electrons. The fourth-order valence-corrected chi connectivity index (χ4v) is 4.09. The van der Waals surface area contributed by atoms with Gasteiger partial charge in [0, 0.05) is 34.8 Å². The van der Waals surface area contributed by atoms with E-state index in [4.69, 9.17) is 9.47 Å². The van der Waals surface area contributed by atoms with Crippen molar-refractivity contribution in [3.8, 4) is 0 Å². The van der Waals surface area contributed by atoms with Crippen molar-refractivity contribution in [3.63, 3.8) is 0 Å². The Morgan fingerprint density at radius 1 is 1.03 bits per heavy atom. The van der Waals surface area contributed by atoms with Gasteiger partial charge in [-0.25, -0.2) is 9.59 Å². The van der Waals surface area contributed by atoms with Crippen molar-refractivity contribution in [2.45, 2.75) is 73.8 Å². The summed E-state index contributed by atoms with van der Waals surface area (Å²) in [7, 11) is 2.77. The Kier molecular flexibility index (Phi) is 18.3. The monoisotopic (exact) mass is 527 g/mol. The molecule has 0 bridgehead atoms.